The Morgan fingerprint density at radius 2 is 2.13 bits per heavy atom. The molecule has 0 aliphatic carbocycles. The molecule has 0 radical (unpaired) electrons. The molecular weight excluding hydrogens is 290 g/mol. The Labute approximate surface area is 137 Å². The highest BCUT2D eigenvalue weighted by Crippen LogP contribution is 2.21. The number of carboxylic acid groups (broad SMARTS) is 1. The van der Waals surface area contributed by atoms with Crippen molar-refractivity contribution in [1.29, 1.82) is 0 Å². The van der Waals surface area contributed by atoms with Crippen molar-refractivity contribution in [2.24, 2.45) is 0 Å². The van der Waals surface area contributed by atoms with Crippen molar-refractivity contribution >= 4 is 11.9 Å². The maximum Gasteiger partial charge on any atom is 0.335 e. The maximum atomic E-state index is 12.1. The van der Waals surface area contributed by atoms with Gasteiger partial charge in [-0.25, -0.2) is 4.79 Å². The fraction of sp³-hybridized carbons (Fsp3) is 0.368. The maximum absolute atomic E-state index is 12.1. The number of carboxylic acids is 1. The molecule has 0 unspecified atom stereocenters. The molecule has 23 heavy (non-hydrogen) atoms. The zero-order chi connectivity index (χ0) is 16.7. The highest BCUT2D eigenvalue weighted by atomic mass is 16.4. The lowest BCUT2D eigenvalue weighted by atomic mass is 10.0. The fourth-order valence-corrected chi connectivity index (χ4v) is 2.84. The van der Waals surface area contributed by atoms with Gasteiger partial charge in [0.25, 0.3) is 0 Å². The average molecular weight is 313 g/mol. The summed E-state index contributed by atoms with van der Waals surface area (Å²) in [7, 11) is 0. The van der Waals surface area contributed by atoms with Crippen LogP contribution in [0.25, 0.3) is 0 Å². The smallest absolute Gasteiger partial charge is 0.335 e. The molecule has 1 aliphatic heterocycles. The summed E-state index contributed by atoms with van der Waals surface area (Å²) in [6.45, 7) is 2.63. The molecule has 0 bridgehead atoms. The third-order valence-electron chi connectivity index (χ3n) is 4.06. The number of likely N-dealkylation sites (tertiary alicyclic amines) is 1. The molecule has 1 saturated heterocycles. The van der Waals surface area contributed by atoms with E-state index in [1.807, 2.05) is 29.2 Å². The van der Waals surface area contributed by atoms with Crippen LogP contribution in [0.4, 0.5) is 0 Å². The SMILES string of the molecule is CC/C=C/C=C/[C@H]1CCC(=O)N1CCc1ccccc1C(=O)O. The predicted octanol–water partition coefficient (Wildman–Crippen LogP) is 3.44. The lowest BCUT2D eigenvalue weighted by molar-refractivity contribution is -0.128. The summed E-state index contributed by atoms with van der Waals surface area (Å²) in [4.78, 5) is 25.2. The lowest BCUT2D eigenvalue weighted by Gasteiger charge is -2.22. The van der Waals surface area contributed by atoms with E-state index in [2.05, 4.69) is 19.1 Å². The van der Waals surface area contributed by atoms with Gasteiger partial charge in [0.05, 0.1) is 11.6 Å². The Kier molecular flexibility index (Phi) is 6.15. The van der Waals surface area contributed by atoms with Crippen molar-refractivity contribution in [3.63, 3.8) is 0 Å². The first-order chi connectivity index (χ1) is 11.1. The lowest BCUT2D eigenvalue weighted by Crippen LogP contribution is -2.33. The monoisotopic (exact) mass is 313 g/mol. The quantitative estimate of drug-likeness (QED) is 0.785. The van der Waals surface area contributed by atoms with Crippen LogP contribution in [-0.4, -0.2) is 34.5 Å². The number of rotatable bonds is 7. The van der Waals surface area contributed by atoms with Crippen LogP contribution >= 0.6 is 0 Å². The topological polar surface area (TPSA) is 57.6 Å². The minimum Gasteiger partial charge on any atom is -0.478 e. The second-order valence-corrected chi connectivity index (χ2v) is 5.63. The van der Waals surface area contributed by atoms with Gasteiger partial charge >= 0.3 is 5.97 Å². The molecule has 4 heteroatoms. The fourth-order valence-electron chi connectivity index (χ4n) is 2.84. The van der Waals surface area contributed by atoms with Gasteiger partial charge < -0.3 is 10.0 Å². The standard InChI is InChI=1S/C19H23NO3/c1-2-3-4-5-9-16-11-12-18(21)20(16)14-13-15-8-6-7-10-17(15)19(22)23/h3-10,16H,2,11-14H2,1H3,(H,22,23)/b4-3+,9-5+/t16-/m0/s1. The zero-order valence-electron chi connectivity index (χ0n) is 13.4. The molecule has 4 nitrogen and oxygen atoms in total. The summed E-state index contributed by atoms with van der Waals surface area (Å²) < 4.78 is 0. The zero-order valence-corrected chi connectivity index (χ0v) is 13.4. The molecule has 0 aromatic heterocycles. The third-order valence-corrected chi connectivity index (χ3v) is 4.06. The summed E-state index contributed by atoms with van der Waals surface area (Å²) in [5.41, 5.74) is 1.09. The van der Waals surface area contributed by atoms with Gasteiger partial charge in [-0.05, 0) is 30.9 Å². The molecule has 1 atom stereocenters. The van der Waals surface area contributed by atoms with Crippen molar-refractivity contribution < 1.29 is 14.7 Å². The van der Waals surface area contributed by atoms with E-state index >= 15 is 0 Å². The van der Waals surface area contributed by atoms with E-state index in [1.165, 1.54) is 0 Å². The summed E-state index contributed by atoms with van der Waals surface area (Å²) in [6, 6.07) is 7.09. The predicted molar refractivity (Wildman–Crippen MR) is 90.4 cm³/mol. The van der Waals surface area contributed by atoms with Crippen molar-refractivity contribution in [2.75, 3.05) is 6.54 Å². The Balaban J connectivity index is 2.03. The van der Waals surface area contributed by atoms with Gasteiger partial charge in [-0.1, -0.05) is 49.4 Å². The largest absolute Gasteiger partial charge is 0.478 e. The van der Waals surface area contributed by atoms with Gasteiger partial charge in [0, 0.05) is 13.0 Å². The normalized spacial score (nSPS) is 18.4. The van der Waals surface area contributed by atoms with E-state index < -0.39 is 5.97 Å². The molecule has 1 heterocycles. The molecule has 122 valence electrons. The van der Waals surface area contributed by atoms with Gasteiger partial charge in [0.15, 0.2) is 0 Å². The first-order valence-electron chi connectivity index (χ1n) is 8.07. The van der Waals surface area contributed by atoms with Gasteiger partial charge in [-0.2, -0.15) is 0 Å². The highest BCUT2D eigenvalue weighted by molar-refractivity contribution is 5.89. The van der Waals surface area contributed by atoms with E-state index in [0.29, 0.717) is 24.9 Å². The van der Waals surface area contributed by atoms with E-state index in [-0.39, 0.29) is 11.9 Å². The number of nitrogens with zero attached hydrogens (tertiary/aromatic N) is 1. The summed E-state index contributed by atoms with van der Waals surface area (Å²) in [5, 5.41) is 9.23. The minimum atomic E-state index is -0.922. The van der Waals surface area contributed by atoms with E-state index in [9.17, 15) is 14.7 Å². The molecule has 1 aliphatic rings. The number of aromatic carboxylic acids is 1. The number of hydrogen-bond acceptors (Lipinski definition) is 2. The molecule has 1 N–H and O–H groups in total. The van der Waals surface area contributed by atoms with Crippen LogP contribution in [0.2, 0.25) is 0 Å². The summed E-state index contributed by atoms with van der Waals surface area (Å²) in [6.07, 6.45) is 11.1. The van der Waals surface area contributed by atoms with Crippen molar-refractivity contribution in [1.82, 2.24) is 4.90 Å². The minimum absolute atomic E-state index is 0.112. The van der Waals surface area contributed by atoms with Crippen molar-refractivity contribution in [3.8, 4) is 0 Å². The van der Waals surface area contributed by atoms with Gasteiger partial charge in [0.1, 0.15) is 0 Å². The number of amides is 1. The van der Waals surface area contributed by atoms with E-state index in [1.54, 1.807) is 12.1 Å². The highest BCUT2D eigenvalue weighted by Gasteiger charge is 2.28. The first-order valence-corrected chi connectivity index (χ1v) is 8.07. The summed E-state index contributed by atoms with van der Waals surface area (Å²) in [5.74, 6) is -0.776. The number of hydrogen-bond donors (Lipinski definition) is 1. The molecule has 0 saturated carbocycles. The van der Waals surface area contributed by atoms with Crippen LogP contribution in [0.15, 0.2) is 48.6 Å². The molecule has 1 aromatic rings. The van der Waals surface area contributed by atoms with E-state index in [0.717, 1.165) is 18.4 Å². The molecule has 1 fully saturated rings. The Morgan fingerprint density at radius 3 is 2.87 bits per heavy atom. The number of carbonyl (C=O) groups is 2. The number of allylic oxidation sites excluding steroid dienone is 3. The molecule has 2 rings (SSSR count). The number of carbonyl (C=O) groups excluding carboxylic acids is 1. The number of benzene rings is 1. The Bertz CT molecular complexity index is 619. The second-order valence-electron chi connectivity index (χ2n) is 5.63. The molecular formula is C19H23NO3. The molecule has 0 spiro atoms. The van der Waals surface area contributed by atoms with Gasteiger partial charge in [-0.3, -0.25) is 4.79 Å². The third kappa shape index (κ3) is 4.55. The average Bonchev–Trinajstić information content (AvgIpc) is 2.90. The van der Waals surface area contributed by atoms with Crippen LogP contribution in [0.3, 0.4) is 0 Å². The van der Waals surface area contributed by atoms with Gasteiger partial charge in [0.2, 0.25) is 5.91 Å². The van der Waals surface area contributed by atoms with Crippen LogP contribution in [0, 0.1) is 0 Å². The van der Waals surface area contributed by atoms with Crippen LogP contribution < -0.4 is 0 Å². The van der Waals surface area contributed by atoms with Crippen LogP contribution in [0.1, 0.15) is 42.1 Å². The second kappa shape index (κ2) is 8.32. The van der Waals surface area contributed by atoms with Crippen LogP contribution in [0.5, 0.6) is 0 Å². The van der Waals surface area contributed by atoms with Crippen LogP contribution in [-0.2, 0) is 11.2 Å². The first kappa shape index (κ1) is 17.0. The van der Waals surface area contributed by atoms with Crippen molar-refractivity contribution in [3.05, 3.63) is 59.7 Å². The summed E-state index contributed by atoms with van der Waals surface area (Å²) >= 11 is 0. The Morgan fingerprint density at radius 1 is 1.35 bits per heavy atom. The van der Waals surface area contributed by atoms with Crippen molar-refractivity contribution in [2.45, 2.75) is 38.6 Å². The van der Waals surface area contributed by atoms with Gasteiger partial charge in [-0.15, -0.1) is 0 Å². The Hall–Kier alpha value is -2.36. The molecule has 1 amide bonds. The molecule has 1 aromatic carbocycles. The van der Waals surface area contributed by atoms with E-state index in [4.69, 9.17) is 0 Å².